The second-order valence-electron chi connectivity index (χ2n) is 9.86. The molecule has 5 heterocycles. The Morgan fingerprint density at radius 3 is 2.50 bits per heavy atom. The molecule has 3 fully saturated rings. The summed E-state index contributed by atoms with van der Waals surface area (Å²) >= 11 is 0. The standard InChI is InChI=1S/C26H32N6O2/c33-25-23-4-3-11-32(23)24-22(28-25)16-19(17-27-24)18-29-12-14-30(15-13-29)21-7-5-20(6-8-21)26(34)31-9-1-2-10-31/h5-8,16-17,23H,1-4,9-15,18H2,(H,28,33). The molecule has 0 bridgehead atoms. The van der Waals surface area contributed by atoms with E-state index in [0.29, 0.717) is 0 Å². The van der Waals surface area contributed by atoms with Gasteiger partial charge in [0.15, 0.2) is 5.82 Å². The van der Waals surface area contributed by atoms with Gasteiger partial charge in [-0.3, -0.25) is 14.5 Å². The summed E-state index contributed by atoms with van der Waals surface area (Å²) in [6, 6.07) is 10.2. The van der Waals surface area contributed by atoms with Crippen molar-refractivity contribution in [2.45, 2.75) is 38.3 Å². The van der Waals surface area contributed by atoms with Crippen LogP contribution >= 0.6 is 0 Å². The van der Waals surface area contributed by atoms with Crippen LogP contribution in [0.15, 0.2) is 36.5 Å². The maximum atomic E-state index is 12.6. The highest BCUT2D eigenvalue weighted by Gasteiger charge is 2.37. The molecule has 0 aliphatic carbocycles. The predicted molar refractivity (Wildman–Crippen MR) is 132 cm³/mol. The lowest BCUT2D eigenvalue weighted by Crippen LogP contribution is -2.46. The second kappa shape index (κ2) is 8.91. The van der Waals surface area contributed by atoms with E-state index in [1.165, 1.54) is 5.69 Å². The molecule has 0 radical (unpaired) electrons. The lowest BCUT2D eigenvalue weighted by atomic mass is 10.1. The van der Waals surface area contributed by atoms with Gasteiger partial charge in [-0.25, -0.2) is 4.98 Å². The molecular weight excluding hydrogens is 428 g/mol. The van der Waals surface area contributed by atoms with Crippen LogP contribution in [0.4, 0.5) is 17.2 Å². The first-order valence-electron chi connectivity index (χ1n) is 12.6. The summed E-state index contributed by atoms with van der Waals surface area (Å²) in [6.45, 7) is 7.33. The van der Waals surface area contributed by atoms with E-state index >= 15 is 0 Å². The number of nitrogens with zero attached hydrogens (tertiary/aromatic N) is 5. The second-order valence-corrected chi connectivity index (χ2v) is 9.86. The van der Waals surface area contributed by atoms with Crippen molar-refractivity contribution in [3.05, 3.63) is 47.7 Å². The number of piperazine rings is 1. The van der Waals surface area contributed by atoms with Crippen molar-refractivity contribution < 1.29 is 9.59 Å². The van der Waals surface area contributed by atoms with E-state index in [4.69, 9.17) is 4.98 Å². The maximum absolute atomic E-state index is 12.6. The number of hydrogen-bond donors (Lipinski definition) is 1. The fourth-order valence-corrected chi connectivity index (χ4v) is 5.76. The minimum absolute atomic E-state index is 0.0497. The number of anilines is 3. The lowest BCUT2D eigenvalue weighted by molar-refractivity contribution is -0.117. The van der Waals surface area contributed by atoms with Gasteiger partial charge in [0.05, 0.1) is 5.69 Å². The summed E-state index contributed by atoms with van der Waals surface area (Å²) in [5.41, 5.74) is 3.95. The van der Waals surface area contributed by atoms with Crippen LogP contribution in [0.2, 0.25) is 0 Å². The minimum atomic E-state index is -0.0497. The maximum Gasteiger partial charge on any atom is 0.253 e. The molecule has 178 valence electrons. The Morgan fingerprint density at radius 2 is 1.74 bits per heavy atom. The first-order valence-corrected chi connectivity index (χ1v) is 12.6. The summed E-state index contributed by atoms with van der Waals surface area (Å²) in [5, 5.41) is 3.07. The molecule has 34 heavy (non-hydrogen) atoms. The van der Waals surface area contributed by atoms with Gasteiger partial charge >= 0.3 is 0 Å². The summed E-state index contributed by atoms with van der Waals surface area (Å²) in [6.07, 6.45) is 6.15. The molecule has 1 aromatic heterocycles. The molecule has 1 unspecified atom stereocenters. The Bertz CT molecular complexity index is 1070. The quantitative estimate of drug-likeness (QED) is 0.756. The van der Waals surface area contributed by atoms with E-state index < -0.39 is 0 Å². The molecule has 4 aliphatic heterocycles. The number of benzene rings is 1. The zero-order valence-electron chi connectivity index (χ0n) is 19.6. The molecule has 3 saturated heterocycles. The van der Waals surface area contributed by atoms with E-state index in [-0.39, 0.29) is 17.9 Å². The number of carbonyl (C=O) groups is 2. The number of aromatic nitrogens is 1. The number of hydrogen-bond acceptors (Lipinski definition) is 6. The van der Waals surface area contributed by atoms with Gasteiger partial charge in [0.25, 0.3) is 5.91 Å². The van der Waals surface area contributed by atoms with Crippen LogP contribution in [-0.4, -0.2) is 78.5 Å². The molecule has 2 aromatic rings. The van der Waals surface area contributed by atoms with Crippen LogP contribution in [0.25, 0.3) is 0 Å². The Labute approximate surface area is 200 Å². The SMILES string of the molecule is O=C1Nc2cc(CN3CCN(c4ccc(C(=O)N5CCCC5)cc4)CC3)cnc2N2CCCC12. The molecule has 6 rings (SSSR count). The van der Waals surface area contributed by atoms with E-state index in [1.54, 1.807) is 0 Å². The Balaban J connectivity index is 1.05. The van der Waals surface area contributed by atoms with Crippen molar-refractivity contribution >= 4 is 29.0 Å². The zero-order valence-corrected chi connectivity index (χ0v) is 19.6. The van der Waals surface area contributed by atoms with Crippen LogP contribution in [-0.2, 0) is 11.3 Å². The normalized spacial score (nSPS) is 22.5. The van der Waals surface area contributed by atoms with Gasteiger partial charge in [-0.2, -0.15) is 0 Å². The van der Waals surface area contributed by atoms with Crippen molar-refractivity contribution in [2.24, 2.45) is 0 Å². The third-order valence-corrected chi connectivity index (χ3v) is 7.66. The van der Waals surface area contributed by atoms with Crippen molar-refractivity contribution in [1.29, 1.82) is 0 Å². The summed E-state index contributed by atoms with van der Waals surface area (Å²) < 4.78 is 0. The van der Waals surface area contributed by atoms with Crippen LogP contribution < -0.4 is 15.1 Å². The molecular formula is C26H32N6O2. The van der Waals surface area contributed by atoms with E-state index in [1.807, 2.05) is 23.2 Å². The largest absolute Gasteiger partial charge is 0.369 e. The molecule has 8 nitrogen and oxygen atoms in total. The van der Waals surface area contributed by atoms with Crippen molar-refractivity contribution in [3.63, 3.8) is 0 Å². The van der Waals surface area contributed by atoms with E-state index in [2.05, 4.69) is 38.2 Å². The molecule has 1 atom stereocenters. The van der Waals surface area contributed by atoms with Gasteiger partial charge in [-0.1, -0.05) is 0 Å². The average Bonchev–Trinajstić information content (AvgIpc) is 3.57. The zero-order chi connectivity index (χ0) is 23.1. The van der Waals surface area contributed by atoms with Gasteiger partial charge in [0.1, 0.15) is 6.04 Å². The number of fused-ring (bicyclic) bond motifs is 3. The monoisotopic (exact) mass is 460 g/mol. The van der Waals surface area contributed by atoms with Gasteiger partial charge in [-0.05, 0) is 61.6 Å². The highest BCUT2D eigenvalue weighted by molar-refractivity contribution is 6.03. The summed E-state index contributed by atoms with van der Waals surface area (Å²) in [4.78, 5) is 38.7. The third kappa shape index (κ3) is 4.00. The Morgan fingerprint density at radius 1 is 0.971 bits per heavy atom. The number of rotatable bonds is 4. The van der Waals surface area contributed by atoms with Crippen LogP contribution in [0, 0.1) is 0 Å². The number of nitrogens with one attached hydrogen (secondary N) is 1. The average molecular weight is 461 g/mol. The fourth-order valence-electron chi connectivity index (χ4n) is 5.76. The Kier molecular flexibility index (Phi) is 5.61. The summed E-state index contributed by atoms with van der Waals surface area (Å²) in [7, 11) is 0. The summed E-state index contributed by atoms with van der Waals surface area (Å²) in [5.74, 6) is 1.18. The topological polar surface area (TPSA) is 72.0 Å². The number of likely N-dealkylation sites (tertiary alicyclic amines) is 1. The third-order valence-electron chi connectivity index (χ3n) is 7.66. The first kappa shape index (κ1) is 21.4. The molecule has 4 aliphatic rings. The molecule has 8 heteroatoms. The predicted octanol–water partition coefficient (Wildman–Crippen LogP) is 2.56. The highest BCUT2D eigenvalue weighted by Crippen LogP contribution is 2.35. The van der Waals surface area contributed by atoms with Gasteiger partial charge < -0.3 is 20.0 Å². The van der Waals surface area contributed by atoms with Gasteiger partial charge in [0, 0.05) is 69.8 Å². The smallest absolute Gasteiger partial charge is 0.253 e. The number of pyridine rings is 1. The first-order chi connectivity index (χ1) is 16.7. The van der Waals surface area contributed by atoms with Crippen molar-refractivity contribution in [3.8, 4) is 0 Å². The number of amides is 2. The number of carbonyl (C=O) groups excluding carboxylic acids is 2. The minimum Gasteiger partial charge on any atom is -0.369 e. The molecule has 2 amide bonds. The van der Waals surface area contributed by atoms with Crippen molar-refractivity contribution in [1.82, 2.24) is 14.8 Å². The fraction of sp³-hybridized carbons (Fsp3) is 0.500. The molecule has 1 aromatic carbocycles. The highest BCUT2D eigenvalue weighted by atomic mass is 16.2. The van der Waals surface area contributed by atoms with Crippen molar-refractivity contribution in [2.75, 3.05) is 60.9 Å². The Hall–Kier alpha value is -3.13. The van der Waals surface area contributed by atoms with E-state index in [9.17, 15) is 9.59 Å². The molecule has 1 N–H and O–H groups in total. The van der Waals surface area contributed by atoms with Crippen LogP contribution in [0.5, 0.6) is 0 Å². The molecule has 0 saturated carbocycles. The van der Waals surface area contributed by atoms with Gasteiger partial charge in [-0.15, -0.1) is 0 Å². The van der Waals surface area contributed by atoms with Crippen LogP contribution in [0.1, 0.15) is 41.6 Å². The molecule has 0 spiro atoms. The van der Waals surface area contributed by atoms with Crippen LogP contribution in [0.3, 0.4) is 0 Å². The van der Waals surface area contributed by atoms with E-state index in [0.717, 1.165) is 101 Å². The van der Waals surface area contributed by atoms with Gasteiger partial charge in [0.2, 0.25) is 5.91 Å². The lowest BCUT2D eigenvalue weighted by Gasteiger charge is -2.36.